The van der Waals surface area contributed by atoms with Gasteiger partial charge in [-0.25, -0.2) is 17.9 Å². The Labute approximate surface area is 146 Å². The Morgan fingerprint density at radius 3 is 2.24 bits per heavy atom. The van der Waals surface area contributed by atoms with E-state index in [0.29, 0.717) is 17.7 Å². The van der Waals surface area contributed by atoms with Gasteiger partial charge in [0.25, 0.3) is 0 Å². The van der Waals surface area contributed by atoms with Crippen LogP contribution in [0.15, 0.2) is 47.4 Å². The van der Waals surface area contributed by atoms with Gasteiger partial charge in [-0.1, -0.05) is 23.7 Å². The smallest absolute Gasteiger partial charge is 0.416 e. The van der Waals surface area contributed by atoms with Crippen molar-refractivity contribution in [1.82, 2.24) is 4.72 Å². The number of carbonyl (C=O) groups is 1. The normalized spacial score (nSPS) is 12.2. The van der Waals surface area contributed by atoms with Crippen LogP contribution in [0.3, 0.4) is 0 Å². The van der Waals surface area contributed by atoms with E-state index in [-0.39, 0.29) is 17.1 Å². The number of hydrogen-bond donors (Lipinski definition) is 2. The highest BCUT2D eigenvalue weighted by Gasteiger charge is 2.32. The molecule has 0 unspecified atom stereocenters. The number of nitrogens with one attached hydrogen (secondary N) is 1. The summed E-state index contributed by atoms with van der Waals surface area (Å²) in [5.74, 6) is -1.14. The molecule has 2 N–H and O–H groups in total. The first-order chi connectivity index (χ1) is 11.5. The summed E-state index contributed by atoms with van der Waals surface area (Å²) in [6.45, 7) is -0.241. The maximum Gasteiger partial charge on any atom is 0.416 e. The highest BCUT2D eigenvalue weighted by atomic mass is 35.5. The second-order valence-corrected chi connectivity index (χ2v) is 7.11. The monoisotopic (exact) mass is 393 g/mol. The third-order valence-electron chi connectivity index (χ3n) is 3.22. The van der Waals surface area contributed by atoms with Crippen LogP contribution in [-0.2, 0) is 22.7 Å². The van der Waals surface area contributed by atoms with E-state index >= 15 is 0 Å². The number of sulfonamides is 1. The van der Waals surface area contributed by atoms with Crippen molar-refractivity contribution in [3.05, 3.63) is 64.2 Å². The SMILES string of the molecule is O=C(O)c1ccc(CNS(=O)(=O)c2cc(C(F)(F)F)ccc2Cl)cc1. The quantitative estimate of drug-likeness (QED) is 0.814. The van der Waals surface area contributed by atoms with E-state index in [2.05, 4.69) is 4.72 Å². The molecule has 0 spiro atoms. The van der Waals surface area contributed by atoms with Crippen LogP contribution < -0.4 is 4.72 Å². The van der Waals surface area contributed by atoms with E-state index in [1.165, 1.54) is 24.3 Å². The molecule has 25 heavy (non-hydrogen) atoms. The van der Waals surface area contributed by atoms with Crippen LogP contribution in [-0.4, -0.2) is 19.5 Å². The van der Waals surface area contributed by atoms with Crippen molar-refractivity contribution in [2.45, 2.75) is 17.6 Å². The van der Waals surface area contributed by atoms with E-state index in [1.54, 1.807) is 0 Å². The van der Waals surface area contributed by atoms with Crippen molar-refractivity contribution in [2.75, 3.05) is 0 Å². The average molecular weight is 394 g/mol. The molecule has 0 fully saturated rings. The predicted octanol–water partition coefficient (Wildman–Crippen LogP) is 3.54. The molecule has 0 atom stereocenters. The van der Waals surface area contributed by atoms with Gasteiger partial charge in [-0.05, 0) is 35.9 Å². The number of hydrogen-bond acceptors (Lipinski definition) is 3. The molecule has 5 nitrogen and oxygen atoms in total. The number of benzene rings is 2. The number of halogens is 4. The Bertz CT molecular complexity index is 896. The van der Waals surface area contributed by atoms with Crippen molar-refractivity contribution >= 4 is 27.6 Å². The summed E-state index contributed by atoms with van der Waals surface area (Å²) in [6.07, 6.45) is -4.71. The number of carboxylic acid groups (broad SMARTS) is 1. The minimum atomic E-state index is -4.71. The van der Waals surface area contributed by atoms with Gasteiger partial charge < -0.3 is 5.11 Å². The Kier molecular flexibility index (Phi) is 5.40. The van der Waals surface area contributed by atoms with Crippen LogP contribution in [0, 0.1) is 0 Å². The highest BCUT2D eigenvalue weighted by Crippen LogP contribution is 2.33. The van der Waals surface area contributed by atoms with Crippen LogP contribution in [0.5, 0.6) is 0 Å². The summed E-state index contributed by atoms with van der Waals surface area (Å²) in [7, 11) is -4.30. The predicted molar refractivity (Wildman–Crippen MR) is 83.9 cm³/mol. The molecule has 2 rings (SSSR count). The first-order valence-electron chi connectivity index (χ1n) is 6.69. The minimum absolute atomic E-state index is 0.0209. The van der Waals surface area contributed by atoms with Crippen LogP contribution in [0.2, 0.25) is 5.02 Å². The van der Waals surface area contributed by atoms with Gasteiger partial charge in [0.2, 0.25) is 10.0 Å². The van der Waals surface area contributed by atoms with Crippen LogP contribution in [0.25, 0.3) is 0 Å². The number of alkyl halides is 3. The number of aromatic carboxylic acids is 1. The molecule has 2 aromatic carbocycles. The molecule has 0 aliphatic heterocycles. The van der Waals surface area contributed by atoms with E-state index in [1.807, 2.05) is 0 Å². The third kappa shape index (κ3) is 4.71. The van der Waals surface area contributed by atoms with Gasteiger partial charge in [0.1, 0.15) is 4.90 Å². The van der Waals surface area contributed by atoms with Crippen molar-refractivity contribution < 1.29 is 31.5 Å². The first-order valence-corrected chi connectivity index (χ1v) is 8.55. The molecule has 2 aromatic rings. The fraction of sp³-hybridized carbons (Fsp3) is 0.133. The summed E-state index contributed by atoms with van der Waals surface area (Å²) in [5.41, 5.74) is -0.688. The van der Waals surface area contributed by atoms with Gasteiger partial charge in [0, 0.05) is 6.54 Å². The maximum atomic E-state index is 12.7. The molecule has 0 saturated heterocycles. The Balaban J connectivity index is 2.23. The average Bonchev–Trinajstić information content (AvgIpc) is 2.52. The zero-order valence-electron chi connectivity index (χ0n) is 12.3. The summed E-state index contributed by atoms with van der Waals surface area (Å²) in [4.78, 5) is 10.1. The van der Waals surface area contributed by atoms with Crippen molar-refractivity contribution in [3.63, 3.8) is 0 Å². The lowest BCUT2D eigenvalue weighted by Crippen LogP contribution is -2.24. The molecule has 10 heteroatoms. The Morgan fingerprint density at radius 1 is 1.12 bits per heavy atom. The molecule has 0 radical (unpaired) electrons. The van der Waals surface area contributed by atoms with Crippen molar-refractivity contribution in [1.29, 1.82) is 0 Å². The molecule has 0 saturated carbocycles. The maximum absolute atomic E-state index is 12.7. The zero-order valence-corrected chi connectivity index (χ0v) is 13.9. The Morgan fingerprint density at radius 2 is 1.72 bits per heavy atom. The molecule has 0 aliphatic carbocycles. The molecule has 0 heterocycles. The fourth-order valence-electron chi connectivity index (χ4n) is 1.91. The molecule has 134 valence electrons. The molecular weight excluding hydrogens is 383 g/mol. The number of carboxylic acids is 1. The number of rotatable bonds is 5. The van der Waals surface area contributed by atoms with Gasteiger partial charge in [0.05, 0.1) is 16.1 Å². The van der Waals surface area contributed by atoms with E-state index in [9.17, 15) is 26.4 Å². The van der Waals surface area contributed by atoms with Crippen molar-refractivity contribution in [2.24, 2.45) is 0 Å². The highest BCUT2D eigenvalue weighted by molar-refractivity contribution is 7.89. The molecular formula is C15H11ClF3NO4S. The standard InChI is InChI=1S/C15H11ClF3NO4S/c16-12-6-5-11(15(17,18)19)7-13(12)25(23,24)20-8-9-1-3-10(4-2-9)14(21)22/h1-7,20H,8H2,(H,21,22). The van der Waals surface area contributed by atoms with Gasteiger partial charge in [-0.2, -0.15) is 13.2 Å². The zero-order chi connectivity index (χ0) is 18.8. The first kappa shape index (κ1) is 19.2. The lowest BCUT2D eigenvalue weighted by Gasteiger charge is -2.12. The summed E-state index contributed by atoms with van der Waals surface area (Å²) < 4.78 is 64.8. The van der Waals surface area contributed by atoms with Gasteiger partial charge in [-0.15, -0.1) is 0 Å². The second-order valence-electron chi connectivity index (χ2n) is 4.97. The molecule has 0 aromatic heterocycles. The van der Waals surface area contributed by atoms with Crippen LogP contribution in [0.1, 0.15) is 21.5 Å². The fourth-order valence-corrected chi connectivity index (χ4v) is 3.45. The van der Waals surface area contributed by atoms with E-state index in [0.717, 1.165) is 6.07 Å². The summed E-state index contributed by atoms with van der Waals surface area (Å²) >= 11 is 5.72. The van der Waals surface area contributed by atoms with Crippen LogP contribution in [0.4, 0.5) is 13.2 Å². The van der Waals surface area contributed by atoms with Crippen LogP contribution >= 0.6 is 11.6 Å². The summed E-state index contributed by atoms with van der Waals surface area (Å²) in [5, 5.41) is 8.44. The van der Waals surface area contributed by atoms with Crippen molar-refractivity contribution in [3.8, 4) is 0 Å². The topological polar surface area (TPSA) is 83.5 Å². The lowest BCUT2D eigenvalue weighted by molar-refractivity contribution is -0.137. The third-order valence-corrected chi connectivity index (χ3v) is 5.10. The van der Waals surface area contributed by atoms with Gasteiger partial charge in [0.15, 0.2) is 0 Å². The largest absolute Gasteiger partial charge is 0.478 e. The van der Waals surface area contributed by atoms with E-state index < -0.39 is 32.6 Å². The summed E-state index contributed by atoms with van der Waals surface area (Å²) in [6, 6.07) is 7.34. The molecule has 0 amide bonds. The van der Waals surface area contributed by atoms with Gasteiger partial charge in [-0.3, -0.25) is 0 Å². The van der Waals surface area contributed by atoms with E-state index in [4.69, 9.17) is 16.7 Å². The lowest BCUT2D eigenvalue weighted by atomic mass is 10.1. The Hall–Kier alpha value is -2.10. The minimum Gasteiger partial charge on any atom is -0.478 e. The second kappa shape index (κ2) is 7.03. The molecule has 0 aliphatic rings. The molecule has 0 bridgehead atoms. The van der Waals surface area contributed by atoms with Gasteiger partial charge >= 0.3 is 12.1 Å².